The first-order valence-corrected chi connectivity index (χ1v) is 9.62. The van der Waals surface area contributed by atoms with E-state index in [-0.39, 0.29) is 21.5 Å². The summed E-state index contributed by atoms with van der Waals surface area (Å²) in [6.07, 6.45) is 2.66. The van der Waals surface area contributed by atoms with Crippen molar-refractivity contribution in [1.82, 2.24) is 14.2 Å². The maximum Gasteiger partial charge on any atom is 0.253 e. The van der Waals surface area contributed by atoms with Crippen LogP contribution in [-0.4, -0.2) is 62.1 Å². The van der Waals surface area contributed by atoms with Crippen molar-refractivity contribution in [2.75, 3.05) is 33.0 Å². The van der Waals surface area contributed by atoms with Crippen molar-refractivity contribution in [2.24, 2.45) is 0 Å². The lowest BCUT2D eigenvalue weighted by molar-refractivity contribution is -0.116. The number of carbonyl (C=O) groups is 2. The molecule has 0 aliphatic rings. The summed E-state index contributed by atoms with van der Waals surface area (Å²) in [5, 5.41) is 2.77. The molecule has 2 amide bonds. The van der Waals surface area contributed by atoms with Gasteiger partial charge in [0, 0.05) is 39.1 Å². The Kier molecular flexibility index (Phi) is 6.53. The highest BCUT2D eigenvalue weighted by atomic mass is 35.5. The molecule has 1 heterocycles. The maximum absolute atomic E-state index is 12.4. The number of carbonyl (C=O) groups excluding carboxylic acids is 2. The van der Waals surface area contributed by atoms with Crippen molar-refractivity contribution in [3.63, 3.8) is 0 Å². The Labute approximate surface area is 162 Å². The van der Waals surface area contributed by atoms with Gasteiger partial charge in [-0.05, 0) is 30.3 Å². The molecule has 27 heavy (non-hydrogen) atoms. The molecule has 0 unspecified atom stereocenters. The third-order valence-electron chi connectivity index (χ3n) is 3.60. The second-order valence-corrected chi connectivity index (χ2v) is 8.34. The predicted octanol–water partition coefficient (Wildman–Crippen LogP) is 1.70. The number of anilines is 1. The van der Waals surface area contributed by atoms with Gasteiger partial charge in [-0.15, -0.1) is 0 Å². The number of amides is 2. The summed E-state index contributed by atoms with van der Waals surface area (Å²) < 4.78 is 25.8. The van der Waals surface area contributed by atoms with Gasteiger partial charge < -0.3 is 10.2 Å². The summed E-state index contributed by atoms with van der Waals surface area (Å²) in [6, 6.07) is 7.36. The average molecular weight is 411 g/mol. The van der Waals surface area contributed by atoms with E-state index in [0.29, 0.717) is 5.56 Å². The molecule has 1 aromatic carbocycles. The number of hydrogen-bond donors (Lipinski definition) is 1. The minimum Gasteiger partial charge on any atom is -0.345 e. The zero-order valence-electron chi connectivity index (χ0n) is 15.0. The molecule has 1 aromatic heterocycles. The molecular weight excluding hydrogens is 392 g/mol. The zero-order chi connectivity index (χ0) is 20.2. The van der Waals surface area contributed by atoms with Crippen LogP contribution >= 0.6 is 11.6 Å². The Morgan fingerprint density at radius 2 is 1.89 bits per heavy atom. The van der Waals surface area contributed by atoms with Crippen molar-refractivity contribution in [1.29, 1.82) is 0 Å². The first kappa shape index (κ1) is 20.8. The summed E-state index contributed by atoms with van der Waals surface area (Å²) >= 11 is 6.07. The highest BCUT2D eigenvalue weighted by molar-refractivity contribution is 7.89. The van der Waals surface area contributed by atoms with Gasteiger partial charge in [-0.2, -0.15) is 4.31 Å². The fourth-order valence-corrected chi connectivity index (χ4v) is 3.43. The fourth-order valence-electron chi connectivity index (χ4n) is 2.17. The molecule has 10 heteroatoms. The van der Waals surface area contributed by atoms with Crippen molar-refractivity contribution in [3.8, 4) is 0 Å². The quantitative estimate of drug-likeness (QED) is 0.781. The average Bonchev–Trinajstić information content (AvgIpc) is 2.63. The first-order chi connectivity index (χ1) is 12.6. The van der Waals surface area contributed by atoms with Crippen LogP contribution in [0.2, 0.25) is 5.02 Å². The minimum atomic E-state index is -3.85. The van der Waals surface area contributed by atoms with Crippen LogP contribution in [0.15, 0.2) is 47.6 Å². The molecule has 0 saturated carbocycles. The number of nitrogens with zero attached hydrogens (tertiary/aromatic N) is 3. The monoisotopic (exact) mass is 410 g/mol. The van der Waals surface area contributed by atoms with E-state index in [1.54, 1.807) is 20.2 Å². The highest BCUT2D eigenvalue weighted by Crippen LogP contribution is 2.24. The molecule has 8 nitrogen and oxygen atoms in total. The summed E-state index contributed by atoms with van der Waals surface area (Å²) in [5.74, 6) is -0.847. The van der Waals surface area contributed by atoms with Gasteiger partial charge in [0.1, 0.15) is 4.90 Å². The van der Waals surface area contributed by atoms with Crippen molar-refractivity contribution >= 4 is 39.1 Å². The summed E-state index contributed by atoms with van der Waals surface area (Å²) in [5.41, 5.74) is 0.567. The highest BCUT2D eigenvalue weighted by Gasteiger charge is 2.23. The molecular formula is C17H19ClN4O4S. The molecule has 0 fully saturated rings. The molecule has 0 saturated heterocycles. The number of rotatable bonds is 6. The Morgan fingerprint density at radius 3 is 2.48 bits per heavy atom. The van der Waals surface area contributed by atoms with Gasteiger partial charge in [-0.1, -0.05) is 11.6 Å². The van der Waals surface area contributed by atoms with E-state index in [1.807, 2.05) is 0 Å². The molecule has 0 radical (unpaired) electrons. The summed E-state index contributed by atoms with van der Waals surface area (Å²) in [7, 11) is 0.643. The number of pyridine rings is 1. The Hall–Kier alpha value is -2.49. The number of likely N-dealkylation sites (N-methyl/N-ethyl adjacent to an activating group) is 1. The predicted molar refractivity (Wildman–Crippen MR) is 102 cm³/mol. The minimum absolute atomic E-state index is 0.0168. The van der Waals surface area contributed by atoms with Gasteiger partial charge in [0.25, 0.3) is 5.91 Å². The molecule has 2 rings (SSSR count). The van der Waals surface area contributed by atoms with Crippen LogP contribution < -0.4 is 5.32 Å². The van der Waals surface area contributed by atoms with Crippen LogP contribution in [0.4, 0.5) is 5.69 Å². The van der Waals surface area contributed by atoms with Crippen LogP contribution in [0, 0.1) is 0 Å². The summed E-state index contributed by atoms with van der Waals surface area (Å²) in [4.78, 5) is 29.5. The molecule has 1 N–H and O–H groups in total. The second-order valence-electron chi connectivity index (χ2n) is 5.89. The lowest BCUT2D eigenvalue weighted by atomic mass is 10.2. The van der Waals surface area contributed by atoms with Crippen LogP contribution in [-0.2, 0) is 14.8 Å². The van der Waals surface area contributed by atoms with E-state index in [4.69, 9.17) is 11.6 Å². The van der Waals surface area contributed by atoms with Gasteiger partial charge >= 0.3 is 0 Å². The first-order valence-electron chi connectivity index (χ1n) is 7.80. The molecule has 2 aromatic rings. The van der Waals surface area contributed by atoms with Crippen molar-refractivity contribution in [3.05, 3.63) is 53.3 Å². The third-order valence-corrected chi connectivity index (χ3v) is 5.72. The van der Waals surface area contributed by atoms with Crippen LogP contribution in [0.25, 0.3) is 0 Å². The normalized spacial score (nSPS) is 11.3. The topological polar surface area (TPSA) is 99.7 Å². The van der Waals surface area contributed by atoms with E-state index >= 15 is 0 Å². The smallest absolute Gasteiger partial charge is 0.253 e. The van der Waals surface area contributed by atoms with E-state index in [9.17, 15) is 18.0 Å². The standard InChI is InChI=1S/C17H19ClN4O4S/c1-21(2)17(24)12-6-7-14(18)15(9-12)20-16(23)11-22(3)27(25,26)13-5-4-8-19-10-13/h4-10H,11H2,1-3H3,(H,20,23). The third kappa shape index (κ3) is 5.03. The number of aromatic nitrogens is 1. The molecule has 0 bridgehead atoms. The molecule has 144 valence electrons. The van der Waals surface area contributed by atoms with E-state index < -0.39 is 22.5 Å². The van der Waals surface area contributed by atoms with Crippen LogP contribution in [0.1, 0.15) is 10.4 Å². The molecule has 0 spiro atoms. The Morgan fingerprint density at radius 1 is 1.19 bits per heavy atom. The molecule has 0 aliphatic carbocycles. The van der Waals surface area contributed by atoms with Gasteiger partial charge in [-0.25, -0.2) is 8.42 Å². The number of sulfonamides is 1. The number of halogens is 1. The van der Waals surface area contributed by atoms with E-state index in [1.165, 1.54) is 48.6 Å². The fraction of sp³-hybridized carbons (Fsp3) is 0.235. The van der Waals surface area contributed by atoms with Gasteiger partial charge in [-0.3, -0.25) is 14.6 Å². The van der Waals surface area contributed by atoms with Crippen molar-refractivity contribution in [2.45, 2.75) is 4.90 Å². The lowest BCUT2D eigenvalue weighted by Crippen LogP contribution is -2.35. The second kappa shape index (κ2) is 8.47. The number of benzene rings is 1. The lowest BCUT2D eigenvalue weighted by Gasteiger charge is -2.17. The molecule has 0 aliphatic heterocycles. The number of nitrogens with one attached hydrogen (secondary N) is 1. The number of hydrogen-bond acceptors (Lipinski definition) is 5. The Balaban J connectivity index is 2.14. The van der Waals surface area contributed by atoms with Crippen LogP contribution in [0.3, 0.4) is 0 Å². The van der Waals surface area contributed by atoms with E-state index in [0.717, 1.165) is 4.31 Å². The van der Waals surface area contributed by atoms with Gasteiger partial charge in [0.15, 0.2) is 0 Å². The van der Waals surface area contributed by atoms with Crippen molar-refractivity contribution < 1.29 is 18.0 Å². The van der Waals surface area contributed by atoms with Gasteiger partial charge in [0.05, 0.1) is 17.3 Å². The largest absolute Gasteiger partial charge is 0.345 e. The SMILES string of the molecule is CN(C)C(=O)c1ccc(Cl)c(NC(=O)CN(C)S(=O)(=O)c2cccnc2)c1. The van der Waals surface area contributed by atoms with Gasteiger partial charge in [0.2, 0.25) is 15.9 Å². The Bertz CT molecular complexity index is 949. The van der Waals surface area contributed by atoms with Crippen LogP contribution in [0.5, 0.6) is 0 Å². The molecule has 0 atom stereocenters. The summed E-state index contributed by atoms with van der Waals surface area (Å²) in [6.45, 7) is -0.431. The maximum atomic E-state index is 12.4. The zero-order valence-corrected chi connectivity index (χ0v) is 16.6. The van der Waals surface area contributed by atoms with E-state index in [2.05, 4.69) is 10.3 Å².